The molecule has 2 saturated carbocycles. The number of hydrogen-bond donors (Lipinski definition) is 1. The van der Waals surface area contributed by atoms with Crippen molar-refractivity contribution >= 4 is 0 Å². The molecule has 0 unspecified atom stereocenters. The predicted octanol–water partition coefficient (Wildman–Crippen LogP) is 3.56. The third-order valence-corrected chi connectivity index (χ3v) is 4.52. The summed E-state index contributed by atoms with van der Waals surface area (Å²) in [5.74, 6) is 0. The molecule has 2 rings (SSSR count). The standard InChI is InChI=1S/C16H32N2/c1-2-3-13-18(16-10-11-16)14-7-12-17-15-8-5-4-6-9-15/h15-17H,2-14H2,1H3. The van der Waals surface area contributed by atoms with Crippen LogP contribution in [0.5, 0.6) is 0 Å². The highest BCUT2D eigenvalue weighted by Crippen LogP contribution is 2.27. The number of nitrogens with one attached hydrogen (secondary N) is 1. The molecule has 0 aromatic heterocycles. The van der Waals surface area contributed by atoms with Crippen molar-refractivity contribution in [2.24, 2.45) is 0 Å². The van der Waals surface area contributed by atoms with E-state index in [1.165, 1.54) is 83.8 Å². The van der Waals surface area contributed by atoms with Gasteiger partial charge in [0.15, 0.2) is 0 Å². The molecule has 0 aromatic carbocycles. The first-order valence-corrected chi connectivity index (χ1v) is 8.37. The second-order valence-corrected chi connectivity index (χ2v) is 6.26. The normalized spacial score (nSPS) is 21.7. The van der Waals surface area contributed by atoms with Crippen molar-refractivity contribution in [3.63, 3.8) is 0 Å². The van der Waals surface area contributed by atoms with Gasteiger partial charge in [-0.05, 0) is 58.2 Å². The van der Waals surface area contributed by atoms with Crippen LogP contribution in [-0.2, 0) is 0 Å². The third kappa shape index (κ3) is 5.27. The monoisotopic (exact) mass is 252 g/mol. The van der Waals surface area contributed by atoms with E-state index in [9.17, 15) is 0 Å². The molecule has 0 atom stereocenters. The van der Waals surface area contributed by atoms with Crippen molar-refractivity contribution in [1.29, 1.82) is 0 Å². The molecule has 2 aliphatic rings. The Morgan fingerprint density at radius 1 is 0.944 bits per heavy atom. The van der Waals surface area contributed by atoms with Crippen molar-refractivity contribution < 1.29 is 0 Å². The molecule has 0 aliphatic heterocycles. The van der Waals surface area contributed by atoms with E-state index >= 15 is 0 Å². The Balaban J connectivity index is 1.52. The van der Waals surface area contributed by atoms with Crippen LogP contribution in [0.2, 0.25) is 0 Å². The summed E-state index contributed by atoms with van der Waals surface area (Å²) in [6, 6.07) is 1.79. The quantitative estimate of drug-likeness (QED) is 0.631. The molecule has 0 aromatic rings. The molecule has 2 nitrogen and oxygen atoms in total. The molecule has 0 bridgehead atoms. The summed E-state index contributed by atoms with van der Waals surface area (Å²) in [6.07, 6.45) is 14.2. The molecular formula is C16H32N2. The van der Waals surface area contributed by atoms with E-state index < -0.39 is 0 Å². The van der Waals surface area contributed by atoms with Gasteiger partial charge in [-0.1, -0.05) is 32.6 Å². The van der Waals surface area contributed by atoms with Crippen LogP contribution in [-0.4, -0.2) is 36.6 Å². The number of hydrogen-bond acceptors (Lipinski definition) is 2. The topological polar surface area (TPSA) is 15.3 Å². The van der Waals surface area contributed by atoms with Gasteiger partial charge in [-0.15, -0.1) is 0 Å². The maximum absolute atomic E-state index is 3.77. The Labute approximate surface area is 114 Å². The van der Waals surface area contributed by atoms with Gasteiger partial charge in [0.05, 0.1) is 0 Å². The summed E-state index contributed by atoms with van der Waals surface area (Å²) in [5.41, 5.74) is 0. The lowest BCUT2D eigenvalue weighted by Gasteiger charge is -2.25. The van der Waals surface area contributed by atoms with E-state index in [1.807, 2.05) is 0 Å². The fraction of sp³-hybridized carbons (Fsp3) is 1.00. The lowest BCUT2D eigenvalue weighted by molar-refractivity contribution is 0.251. The molecule has 0 amide bonds. The summed E-state index contributed by atoms with van der Waals surface area (Å²) in [5, 5.41) is 3.77. The molecule has 0 heterocycles. The molecule has 106 valence electrons. The van der Waals surface area contributed by atoms with Gasteiger partial charge in [-0.3, -0.25) is 0 Å². The molecule has 1 N–H and O–H groups in total. The van der Waals surface area contributed by atoms with Gasteiger partial charge in [0.1, 0.15) is 0 Å². The SMILES string of the molecule is CCCCN(CCCNC1CCCCC1)C1CC1. The zero-order valence-electron chi connectivity index (χ0n) is 12.3. The van der Waals surface area contributed by atoms with Crippen molar-refractivity contribution in [2.75, 3.05) is 19.6 Å². The maximum atomic E-state index is 3.77. The van der Waals surface area contributed by atoms with Crippen LogP contribution in [0.3, 0.4) is 0 Å². The van der Waals surface area contributed by atoms with E-state index in [2.05, 4.69) is 17.1 Å². The zero-order valence-corrected chi connectivity index (χ0v) is 12.3. The molecule has 2 heteroatoms. The Kier molecular flexibility index (Phi) is 6.50. The summed E-state index contributed by atoms with van der Waals surface area (Å²) in [7, 11) is 0. The predicted molar refractivity (Wildman–Crippen MR) is 79.0 cm³/mol. The summed E-state index contributed by atoms with van der Waals surface area (Å²) < 4.78 is 0. The van der Waals surface area contributed by atoms with Crippen LogP contribution in [0.4, 0.5) is 0 Å². The lowest BCUT2D eigenvalue weighted by atomic mass is 9.95. The molecular weight excluding hydrogens is 220 g/mol. The van der Waals surface area contributed by atoms with Crippen LogP contribution in [0.15, 0.2) is 0 Å². The average Bonchev–Trinajstić information content (AvgIpc) is 3.23. The number of unbranched alkanes of at least 4 members (excludes halogenated alkanes) is 1. The molecule has 0 spiro atoms. The maximum Gasteiger partial charge on any atom is 0.00964 e. The van der Waals surface area contributed by atoms with E-state index in [1.54, 1.807) is 0 Å². The first kappa shape index (κ1) is 14.3. The van der Waals surface area contributed by atoms with Crippen molar-refractivity contribution in [3.8, 4) is 0 Å². The second-order valence-electron chi connectivity index (χ2n) is 6.26. The van der Waals surface area contributed by atoms with Crippen LogP contribution in [0, 0.1) is 0 Å². The van der Waals surface area contributed by atoms with Crippen LogP contribution < -0.4 is 5.32 Å². The second kappa shape index (κ2) is 8.16. The Morgan fingerprint density at radius 3 is 2.33 bits per heavy atom. The van der Waals surface area contributed by atoms with Crippen LogP contribution >= 0.6 is 0 Å². The largest absolute Gasteiger partial charge is 0.314 e. The van der Waals surface area contributed by atoms with Crippen molar-refractivity contribution in [1.82, 2.24) is 10.2 Å². The van der Waals surface area contributed by atoms with E-state index in [0.29, 0.717) is 0 Å². The Hall–Kier alpha value is -0.0800. The zero-order chi connectivity index (χ0) is 12.6. The Bertz CT molecular complexity index is 207. The number of nitrogens with zero attached hydrogens (tertiary/aromatic N) is 1. The van der Waals surface area contributed by atoms with Crippen LogP contribution in [0.1, 0.15) is 71.1 Å². The highest BCUT2D eigenvalue weighted by Gasteiger charge is 2.27. The van der Waals surface area contributed by atoms with E-state index in [0.717, 1.165) is 12.1 Å². The lowest BCUT2D eigenvalue weighted by Crippen LogP contribution is -2.35. The summed E-state index contributed by atoms with van der Waals surface area (Å²) in [6.45, 7) is 6.20. The van der Waals surface area contributed by atoms with Gasteiger partial charge in [-0.25, -0.2) is 0 Å². The highest BCUT2D eigenvalue weighted by molar-refractivity contribution is 4.84. The van der Waals surface area contributed by atoms with Crippen molar-refractivity contribution in [3.05, 3.63) is 0 Å². The minimum atomic E-state index is 0.837. The molecule has 2 aliphatic carbocycles. The molecule has 0 radical (unpaired) electrons. The van der Waals surface area contributed by atoms with Gasteiger partial charge in [0.2, 0.25) is 0 Å². The van der Waals surface area contributed by atoms with Gasteiger partial charge >= 0.3 is 0 Å². The van der Waals surface area contributed by atoms with Gasteiger partial charge in [0.25, 0.3) is 0 Å². The van der Waals surface area contributed by atoms with E-state index in [-0.39, 0.29) is 0 Å². The molecule has 0 saturated heterocycles. The summed E-state index contributed by atoms with van der Waals surface area (Å²) >= 11 is 0. The van der Waals surface area contributed by atoms with Gasteiger partial charge < -0.3 is 10.2 Å². The van der Waals surface area contributed by atoms with E-state index in [4.69, 9.17) is 0 Å². The Morgan fingerprint density at radius 2 is 1.67 bits per heavy atom. The van der Waals surface area contributed by atoms with Gasteiger partial charge in [0, 0.05) is 12.1 Å². The summed E-state index contributed by atoms with van der Waals surface area (Å²) in [4.78, 5) is 2.74. The average molecular weight is 252 g/mol. The minimum Gasteiger partial charge on any atom is -0.314 e. The fourth-order valence-corrected chi connectivity index (χ4v) is 3.17. The fourth-order valence-electron chi connectivity index (χ4n) is 3.17. The molecule has 2 fully saturated rings. The third-order valence-electron chi connectivity index (χ3n) is 4.52. The smallest absolute Gasteiger partial charge is 0.00964 e. The molecule has 18 heavy (non-hydrogen) atoms. The highest BCUT2D eigenvalue weighted by atomic mass is 15.2. The van der Waals surface area contributed by atoms with Crippen LogP contribution in [0.25, 0.3) is 0 Å². The number of rotatable bonds is 9. The minimum absolute atomic E-state index is 0.837. The van der Waals surface area contributed by atoms with Gasteiger partial charge in [-0.2, -0.15) is 0 Å². The van der Waals surface area contributed by atoms with Crippen molar-refractivity contribution in [2.45, 2.75) is 83.2 Å². The first-order valence-electron chi connectivity index (χ1n) is 8.37. The first-order chi connectivity index (χ1) is 8.90.